The lowest BCUT2D eigenvalue weighted by atomic mass is 10.2. The largest absolute Gasteiger partial charge is 0.545 e. The Labute approximate surface area is 154 Å². The van der Waals surface area contributed by atoms with Gasteiger partial charge in [0.15, 0.2) is 0 Å². The molecule has 0 saturated heterocycles. The monoisotopic (exact) mass is 356 g/mol. The molecule has 25 heavy (non-hydrogen) atoms. The van der Waals surface area contributed by atoms with Gasteiger partial charge in [-0.3, -0.25) is 4.79 Å². The normalized spacial score (nSPS) is 10.4. The first kappa shape index (κ1) is 25.9. The highest BCUT2D eigenvalue weighted by Gasteiger charge is 2.08. The maximum absolute atomic E-state index is 11.6. The Morgan fingerprint density at radius 2 is 1.24 bits per heavy atom. The Morgan fingerprint density at radius 1 is 0.800 bits per heavy atom. The van der Waals surface area contributed by atoms with Gasteiger partial charge in [0.2, 0.25) is 5.91 Å². The van der Waals surface area contributed by atoms with Gasteiger partial charge in [-0.15, -0.1) is 0 Å². The molecule has 0 spiro atoms. The summed E-state index contributed by atoms with van der Waals surface area (Å²) in [5, 5.41) is 12.6. The van der Waals surface area contributed by atoms with E-state index in [2.05, 4.69) is 33.0 Å². The first-order valence-electron chi connectivity index (χ1n) is 10.0. The highest BCUT2D eigenvalue weighted by atomic mass is 16.4. The number of aliphatic carboxylic acids is 1. The Balaban J connectivity index is 0. The molecule has 0 bridgehead atoms. The van der Waals surface area contributed by atoms with E-state index >= 15 is 0 Å². The van der Waals surface area contributed by atoms with Gasteiger partial charge in [-0.05, 0) is 31.8 Å². The van der Waals surface area contributed by atoms with Crippen LogP contribution in [0.5, 0.6) is 0 Å². The number of carboxylic acid groups (broad SMARTS) is 1. The van der Waals surface area contributed by atoms with E-state index in [-0.39, 0.29) is 5.91 Å². The summed E-state index contributed by atoms with van der Waals surface area (Å²) < 4.78 is 0. The van der Waals surface area contributed by atoms with Gasteiger partial charge in [0.05, 0.1) is 19.1 Å². The third-order valence-electron chi connectivity index (χ3n) is 3.76. The van der Waals surface area contributed by atoms with E-state index in [4.69, 9.17) is 0 Å². The van der Waals surface area contributed by atoms with Crippen LogP contribution < -0.4 is 10.4 Å². The average Bonchev–Trinajstić information content (AvgIpc) is 2.60. The molecule has 0 aliphatic rings. The molecule has 1 amide bonds. The molecule has 0 unspecified atom stereocenters. The van der Waals surface area contributed by atoms with Crippen molar-refractivity contribution in [3.63, 3.8) is 0 Å². The second-order valence-electron chi connectivity index (χ2n) is 6.26. The van der Waals surface area contributed by atoms with Crippen LogP contribution in [0.25, 0.3) is 0 Å². The minimum Gasteiger partial charge on any atom is -0.545 e. The van der Waals surface area contributed by atoms with E-state index in [0.29, 0.717) is 13.1 Å². The fourth-order valence-corrected chi connectivity index (χ4v) is 2.12. The summed E-state index contributed by atoms with van der Waals surface area (Å²) in [6.07, 6.45) is 11.2. The Bertz CT molecular complexity index is 330. The number of amides is 1. The van der Waals surface area contributed by atoms with Gasteiger partial charge in [-0.1, -0.05) is 53.4 Å². The molecule has 0 saturated carbocycles. The molecule has 0 aromatic heterocycles. The molecule has 0 radical (unpaired) electrons. The molecular formula is C20H40N2O3. The molecule has 0 aliphatic carbocycles. The number of carboxylic acids is 1. The maximum atomic E-state index is 11.6. The first-order chi connectivity index (χ1) is 12.0. The molecule has 0 fully saturated rings. The topological polar surface area (TPSA) is 77.0 Å². The SMILES string of the molecule is CCCCN(CCCC)C(=O)/C=C\C(=O)[O-].CCCC[NH2+]CCCC. The molecule has 0 aromatic carbocycles. The number of nitrogens with zero attached hydrogens (tertiary/aromatic N) is 1. The Hall–Kier alpha value is -1.36. The summed E-state index contributed by atoms with van der Waals surface area (Å²) in [7, 11) is 0. The van der Waals surface area contributed by atoms with Crippen molar-refractivity contribution in [1.29, 1.82) is 0 Å². The minimum atomic E-state index is -1.33. The minimum absolute atomic E-state index is 0.244. The zero-order valence-electron chi connectivity index (χ0n) is 16.9. The van der Waals surface area contributed by atoms with E-state index < -0.39 is 5.97 Å². The second kappa shape index (κ2) is 20.7. The van der Waals surface area contributed by atoms with Crippen LogP contribution in [0.1, 0.15) is 79.1 Å². The fraction of sp³-hybridized carbons (Fsp3) is 0.800. The Kier molecular flexibility index (Phi) is 21.4. The molecule has 0 atom stereocenters. The summed E-state index contributed by atoms with van der Waals surface area (Å²) in [6.45, 7) is 12.6. The van der Waals surface area contributed by atoms with Crippen molar-refractivity contribution in [2.45, 2.75) is 79.1 Å². The summed E-state index contributed by atoms with van der Waals surface area (Å²) in [5.74, 6) is -1.58. The van der Waals surface area contributed by atoms with Gasteiger partial charge in [0.25, 0.3) is 0 Å². The van der Waals surface area contributed by atoms with Crippen LogP contribution in [0.2, 0.25) is 0 Å². The van der Waals surface area contributed by atoms with E-state index in [9.17, 15) is 14.7 Å². The van der Waals surface area contributed by atoms with E-state index in [0.717, 1.165) is 37.8 Å². The number of carbonyl (C=O) groups is 2. The van der Waals surface area contributed by atoms with Crippen LogP contribution in [0.15, 0.2) is 12.2 Å². The van der Waals surface area contributed by atoms with Gasteiger partial charge in [0.1, 0.15) is 0 Å². The van der Waals surface area contributed by atoms with Crippen LogP contribution in [0.3, 0.4) is 0 Å². The molecule has 5 heteroatoms. The van der Waals surface area contributed by atoms with Gasteiger partial charge >= 0.3 is 0 Å². The quantitative estimate of drug-likeness (QED) is 0.381. The van der Waals surface area contributed by atoms with Crippen LogP contribution >= 0.6 is 0 Å². The molecule has 5 nitrogen and oxygen atoms in total. The summed E-state index contributed by atoms with van der Waals surface area (Å²) in [4.78, 5) is 23.5. The van der Waals surface area contributed by atoms with Gasteiger partial charge in [-0.25, -0.2) is 0 Å². The van der Waals surface area contributed by atoms with Crippen molar-refractivity contribution < 1.29 is 20.0 Å². The highest BCUT2D eigenvalue weighted by molar-refractivity contribution is 5.93. The van der Waals surface area contributed by atoms with Gasteiger partial charge in [0, 0.05) is 19.2 Å². The number of unbranched alkanes of at least 4 members (excludes halogenated alkanes) is 4. The Morgan fingerprint density at radius 3 is 1.60 bits per heavy atom. The number of nitrogens with two attached hydrogens (primary N) is 1. The van der Waals surface area contributed by atoms with Crippen molar-refractivity contribution in [1.82, 2.24) is 4.90 Å². The third kappa shape index (κ3) is 20.6. The predicted octanol–water partition coefficient (Wildman–Crippen LogP) is 1.87. The molecular weight excluding hydrogens is 316 g/mol. The molecule has 0 aliphatic heterocycles. The number of hydrogen-bond donors (Lipinski definition) is 1. The molecule has 0 rings (SSSR count). The molecule has 2 N–H and O–H groups in total. The maximum Gasteiger partial charge on any atom is 0.246 e. The summed E-state index contributed by atoms with van der Waals surface area (Å²) >= 11 is 0. The number of hydrogen-bond acceptors (Lipinski definition) is 3. The van der Waals surface area contributed by atoms with Crippen molar-refractivity contribution in [2.24, 2.45) is 0 Å². The zero-order valence-corrected chi connectivity index (χ0v) is 16.9. The third-order valence-corrected chi connectivity index (χ3v) is 3.76. The van der Waals surface area contributed by atoms with Crippen LogP contribution in [-0.2, 0) is 9.59 Å². The van der Waals surface area contributed by atoms with Crippen LogP contribution in [0.4, 0.5) is 0 Å². The zero-order chi connectivity index (χ0) is 19.3. The fourth-order valence-electron chi connectivity index (χ4n) is 2.12. The van der Waals surface area contributed by atoms with Crippen molar-refractivity contribution in [3.8, 4) is 0 Å². The molecule has 0 aromatic rings. The van der Waals surface area contributed by atoms with E-state index in [1.165, 1.54) is 38.8 Å². The van der Waals surface area contributed by atoms with Crippen molar-refractivity contribution >= 4 is 11.9 Å². The number of quaternary nitrogens is 1. The molecule has 0 heterocycles. The second-order valence-corrected chi connectivity index (χ2v) is 6.26. The van der Waals surface area contributed by atoms with E-state index in [1.807, 2.05) is 0 Å². The lowest BCUT2D eigenvalue weighted by Crippen LogP contribution is -2.84. The lowest BCUT2D eigenvalue weighted by Gasteiger charge is -2.20. The average molecular weight is 357 g/mol. The van der Waals surface area contributed by atoms with E-state index in [1.54, 1.807) is 4.90 Å². The predicted molar refractivity (Wildman–Crippen MR) is 102 cm³/mol. The summed E-state index contributed by atoms with van der Waals surface area (Å²) in [5.41, 5.74) is 0. The van der Waals surface area contributed by atoms with Crippen LogP contribution in [-0.4, -0.2) is 43.0 Å². The van der Waals surface area contributed by atoms with Gasteiger partial charge < -0.3 is 20.1 Å². The van der Waals surface area contributed by atoms with Gasteiger partial charge in [-0.2, -0.15) is 0 Å². The van der Waals surface area contributed by atoms with Crippen molar-refractivity contribution in [2.75, 3.05) is 26.2 Å². The van der Waals surface area contributed by atoms with Crippen molar-refractivity contribution in [3.05, 3.63) is 12.2 Å². The van der Waals surface area contributed by atoms with Crippen LogP contribution in [0, 0.1) is 0 Å². The standard InChI is InChI=1S/C12H21NO3.C8H19N/c1-3-5-9-13(10-6-4-2)11(14)7-8-12(15)16;1-3-5-7-9-8-6-4-2/h7-8H,3-6,9-10H2,1-2H3,(H,15,16);9H,3-8H2,1-2H3/b8-7-;. The number of carbonyl (C=O) groups excluding carboxylic acids is 2. The lowest BCUT2D eigenvalue weighted by molar-refractivity contribution is -0.655. The summed E-state index contributed by atoms with van der Waals surface area (Å²) in [6, 6.07) is 0. The molecule has 148 valence electrons. The smallest absolute Gasteiger partial charge is 0.246 e. The number of rotatable bonds is 14. The first-order valence-corrected chi connectivity index (χ1v) is 10.0. The highest BCUT2D eigenvalue weighted by Crippen LogP contribution is 2.00.